The molecule has 4 heteroatoms. The van der Waals surface area contributed by atoms with E-state index in [2.05, 4.69) is 0 Å². The van der Waals surface area contributed by atoms with Crippen molar-refractivity contribution in [1.29, 1.82) is 0 Å². The van der Waals surface area contributed by atoms with Crippen molar-refractivity contribution in [3.63, 3.8) is 0 Å². The molecule has 0 aromatic heterocycles. The molecule has 1 N–H and O–H groups in total. The smallest absolute Gasteiger partial charge is 0.306 e. The van der Waals surface area contributed by atoms with Gasteiger partial charge < -0.3 is 5.11 Å². The number of aliphatic carboxylic acids is 1. The molecule has 1 aromatic carbocycles. The Morgan fingerprint density at radius 3 is 2.73 bits per heavy atom. The third kappa shape index (κ3) is 3.20. The summed E-state index contributed by atoms with van der Waals surface area (Å²) in [5, 5.41) is 9.16. The number of benzene rings is 1. The molecule has 2 nitrogen and oxygen atoms in total. The number of alkyl halides is 1. The SMILES string of the molecule is CC(Cc1ccc(CF)cc1Cl)C(=O)O. The quantitative estimate of drug-likeness (QED) is 0.863. The van der Waals surface area contributed by atoms with Crippen molar-refractivity contribution in [2.45, 2.75) is 20.0 Å². The van der Waals surface area contributed by atoms with Crippen molar-refractivity contribution in [1.82, 2.24) is 0 Å². The summed E-state index contributed by atoms with van der Waals surface area (Å²) in [6.45, 7) is 1.05. The van der Waals surface area contributed by atoms with Gasteiger partial charge in [-0.3, -0.25) is 4.79 Å². The molecule has 0 radical (unpaired) electrons. The van der Waals surface area contributed by atoms with Gasteiger partial charge in [-0.05, 0) is 23.6 Å². The zero-order valence-corrected chi connectivity index (χ0v) is 9.09. The van der Waals surface area contributed by atoms with Gasteiger partial charge in [0.15, 0.2) is 0 Å². The van der Waals surface area contributed by atoms with Gasteiger partial charge in [-0.2, -0.15) is 0 Å². The van der Waals surface area contributed by atoms with Gasteiger partial charge in [0.2, 0.25) is 0 Å². The first kappa shape index (κ1) is 12.0. The van der Waals surface area contributed by atoms with E-state index in [0.717, 1.165) is 5.56 Å². The van der Waals surface area contributed by atoms with Crippen molar-refractivity contribution >= 4 is 17.6 Å². The molecule has 0 bridgehead atoms. The molecule has 1 atom stereocenters. The molecule has 15 heavy (non-hydrogen) atoms. The summed E-state index contributed by atoms with van der Waals surface area (Å²) in [6, 6.07) is 4.83. The number of rotatable bonds is 4. The van der Waals surface area contributed by atoms with Crippen molar-refractivity contribution < 1.29 is 14.3 Å². The van der Waals surface area contributed by atoms with E-state index < -0.39 is 18.6 Å². The first-order chi connectivity index (χ1) is 7.04. The van der Waals surface area contributed by atoms with E-state index in [1.807, 2.05) is 0 Å². The van der Waals surface area contributed by atoms with Crippen molar-refractivity contribution in [2.75, 3.05) is 0 Å². The fourth-order valence-corrected chi connectivity index (χ4v) is 1.54. The fourth-order valence-electron chi connectivity index (χ4n) is 1.26. The van der Waals surface area contributed by atoms with Gasteiger partial charge in [0.25, 0.3) is 0 Å². The summed E-state index contributed by atoms with van der Waals surface area (Å²) in [4.78, 5) is 10.6. The van der Waals surface area contributed by atoms with Crippen LogP contribution in [0.3, 0.4) is 0 Å². The van der Waals surface area contributed by atoms with Gasteiger partial charge in [-0.25, -0.2) is 4.39 Å². The van der Waals surface area contributed by atoms with Crippen LogP contribution in [0.25, 0.3) is 0 Å². The standard InChI is InChI=1S/C11H12ClFO2/c1-7(11(14)15)4-9-3-2-8(6-13)5-10(9)12/h2-3,5,7H,4,6H2,1H3,(H,14,15). The molecule has 0 aliphatic rings. The first-order valence-corrected chi connectivity index (χ1v) is 4.98. The largest absolute Gasteiger partial charge is 0.481 e. The average Bonchev–Trinajstić information content (AvgIpc) is 2.20. The second-order valence-corrected chi connectivity index (χ2v) is 3.91. The van der Waals surface area contributed by atoms with Gasteiger partial charge in [-0.1, -0.05) is 30.7 Å². The Bertz CT molecular complexity index is 366. The summed E-state index contributed by atoms with van der Waals surface area (Å²) in [6.07, 6.45) is 0.362. The summed E-state index contributed by atoms with van der Waals surface area (Å²) in [7, 11) is 0. The third-order valence-corrected chi connectivity index (χ3v) is 2.57. The predicted molar refractivity (Wildman–Crippen MR) is 56.8 cm³/mol. The molecule has 1 rings (SSSR count). The Labute approximate surface area is 92.7 Å². The van der Waals surface area contributed by atoms with Gasteiger partial charge in [0.1, 0.15) is 6.67 Å². The van der Waals surface area contributed by atoms with Gasteiger partial charge in [0, 0.05) is 5.02 Å². The second-order valence-electron chi connectivity index (χ2n) is 3.50. The van der Waals surface area contributed by atoms with E-state index in [1.54, 1.807) is 19.1 Å². The van der Waals surface area contributed by atoms with E-state index in [0.29, 0.717) is 17.0 Å². The van der Waals surface area contributed by atoms with E-state index in [9.17, 15) is 9.18 Å². The second kappa shape index (κ2) is 5.12. The predicted octanol–water partition coefficient (Wildman–Crippen LogP) is 3.07. The molecule has 82 valence electrons. The monoisotopic (exact) mass is 230 g/mol. The summed E-state index contributed by atoms with van der Waals surface area (Å²) < 4.78 is 12.3. The van der Waals surface area contributed by atoms with Crippen LogP contribution < -0.4 is 0 Å². The minimum atomic E-state index is -0.861. The van der Waals surface area contributed by atoms with Crippen LogP contribution in [0.15, 0.2) is 18.2 Å². The molecule has 1 aromatic rings. The maximum Gasteiger partial charge on any atom is 0.306 e. The van der Waals surface area contributed by atoms with E-state index in [4.69, 9.17) is 16.7 Å². The van der Waals surface area contributed by atoms with Crippen LogP contribution in [0, 0.1) is 5.92 Å². The van der Waals surface area contributed by atoms with Crippen LogP contribution in [0.4, 0.5) is 4.39 Å². The van der Waals surface area contributed by atoms with Crippen LogP contribution in [0.2, 0.25) is 5.02 Å². The zero-order chi connectivity index (χ0) is 11.4. The Hall–Kier alpha value is -1.09. The van der Waals surface area contributed by atoms with E-state index in [1.165, 1.54) is 6.07 Å². The summed E-state index contributed by atoms with van der Waals surface area (Å²) in [5.74, 6) is -1.35. The average molecular weight is 231 g/mol. The van der Waals surface area contributed by atoms with Crippen molar-refractivity contribution in [2.24, 2.45) is 5.92 Å². The lowest BCUT2D eigenvalue weighted by Crippen LogP contribution is -2.12. The van der Waals surface area contributed by atoms with Crippen LogP contribution in [0.1, 0.15) is 18.1 Å². The van der Waals surface area contributed by atoms with Crippen molar-refractivity contribution in [3.05, 3.63) is 34.3 Å². The lowest BCUT2D eigenvalue weighted by Gasteiger charge is -2.08. The summed E-state index contributed by atoms with van der Waals surface area (Å²) in [5.41, 5.74) is 1.25. The van der Waals surface area contributed by atoms with E-state index >= 15 is 0 Å². The molecule has 0 spiro atoms. The molecule has 0 saturated heterocycles. The van der Waals surface area contributed by atoms with Crippen molar-refractivity contribution in [3.8, 4) is 0 Å². The number of carboxylic acids is 1. The van der Waals surface area contributed by atoms with Crippen LogP contribution in [0.5, 0.6) is 0 Å². The lowest BCUT2D eigenvalue weighted by molar-refractivity contribution is -0.141. The highest BCUT2D eigenvalue weighted by atomic mass is 35.5. The first-order valence-electron chi connectivity index (χ1n) is 4.60. The Balaban J connectivity index is 2.82. The fraction of sp³-hybridized carbons (Fsp3) is 0.364. The highest BCUT2D eigenvalue weighted by Crippen LogP contribution is 2.21. The molecule has 0 amide bonds. The van der Waals surface area contributed by atoms with Gasteiger partial charge >= 0.3 is 5.97 Å². The molecule has 0 saturated carbocycles. The molecule has 0 aliphatic heterocycles. The van der Waals surface area contributed by atoms with E-state index in [-0.39, 0.29) is 0 Å². The Morgan fingerprint density at radius 2 is 2.27 bits per heavy atom. The number of hydrogen-bond acceptors (Lipinski definition) is 1. The number of carbonyl (C=O) groups is 1. The highest BCUT2D eigenvalue weighted by Gasteiger charge is 2.13. The topological polar surface area (TPSA) is 37.3 Å². The number of halogens is 2. The van der Waals surface area contributed by atoms with Gasteiger partial charge in [-0.15, -0.1) is 0 Å². The number of hydrogen-bond donors (Lipinski definition) is 1. The van der Waals surface area contributed by atoms with Crippen LogP contribution >= 0.6 is 11.6 Å². The minimum Gasteiger partial charge on any atom is -0.481 e. The molecular formula is C11H12ClFO2. The molecule has 0 heterocycles. The van der Waals surface area contributed by atoms with Crippen LogP contribution in [-0.2, 0) is 17.9 Å². The maximum absolute atomic E-state index is 12.3. The molecule has 0 fully saturated rings. The minimum absolute atomic E-state index is 0.362. The third-order valence-electron chi connectivity index (χ3n) is 2.22. The number of carboxylic acid groups (broad SMARTS) is 1. The lowest BCUT2D eigenvalue weighted by atomic mass is 10.0. The molecular weight excluding hydrogens is 219 g/mol. The maximum atomic E-state index is 12.3. The molecule has 0 aliphatic carbocycles. The summed E-state index contributed by atoms with van der Waals surface area (Å²) >= 11 is 5.90. The zero-order valence-electron chi connectivity index (χ0n) is 8.34. The highest BCUT2D eigenvalue weighted by molar-refractivity contribution is 6.31. The Kier molecular flexibility index (Phi) is 4.09. The van der Waals surface area contributed by atoms with Gasteiger partial charge in [0.05, 0.1) is 5.92 Å². The Morgan fingerprint density at radius 1 is 1.60 bits per heavy atom. The molecule has 1 unspecified atom stereocenters. The normalized spacial score (nSPS) is 12.5. The van der Waals surface area contributed by atoms with Crippen LogP contribution in [-0.4, -0.2) is 11.1 Å².